The van der Waals surface area contributed by atoms with Gasteiger partial charge >= 0.3 is 0 Å². The van der Waals surface area contributed by atoms with Crippen molar-refractivity contribution in [3.05, 3.63) is 29.8 Å². The summed E-state index contributed by atoms with van der Waals surface area (Å²) in [5.41, 5.74) is 8.56. The van der Waals surface area contributed by atoms with E-state index >= 15 is 0 Å². The number of thioether (sulfide) groups is 1. The Kier molecular flexibility index (Phi) is 6.26. The van der Waals surface area contributed by atoms with Gasteiger partial charge in [0.1, 0.15) is 0 Å². The van der Waals surface area contributed by atoms with Crippen LogP contribution in [0.5, 0.6) is 0 Å². The van der Waals surface area contributed by atoms with E-state index in [0.29, 0.717) is 25.0 Å². The fraction of sp³-hybridized carbons (Fsp3) is 0.611. The van der Waals surface area contributed by atoms with E-state index in [-0.39, 0.29) is 0 Å². The van der Waals surface area contributed by atoms with Crippen molar-refractivity contribution in [1.29, 1.82) is 0 Å². The van der Waals surface area contributed by atoms with Gasteiger partial charge in [0.2, 0.25) is 0 Å². The molecule has 5 nitrogen and oxygen atoms in total. The summed E-state index contributed by atoms with van der Waals surface area (Å²) in [4.78, 5) is 9.13. The van der Waals surface area contributed by atoms with Crippen molar-refractivity contribution in [2.75, 3.05) is 49.2 Å². The monoisotopic (exact) mass is 348 g/mol. The van der Waals surface area contributed by atoms with Crippen molar-refractivity contribution in [2.45, 2.75) is 19.4 Å². The summed E-state index contributed by atoms with van der Waals surface area (Å²) in [6.45, 7) is 5.03. The molecule has 0 amide bonds. The molecular weight excluding hydrogens is 320 g/mol. The van der Waals surface area contributed by atoms with Gasteiger partial charge in [-0.15, -0.1) is 0 Å². The van der Waals surface area contributed by atoms with Crippen molar-refractivity contribution in [2.24, 2.45) is 16.6 Å². The number of anilines is 1. The predicted molar refractivity (Wildman–Crippen MR) is 103 cm³/mol. The number of aliphatic hydroxyl groups is 1. The minimum absolute atomic E-state index is 0.321. The van der Waals surface area contributed by atoms with Crippen LogP contribution in [0.15, 0.2) is 29.3 Å². The third-order valence-electron chi connectivity index (χ3n) is 4.93. The summed E-state index contributed by atoms with van der Waals surface area (Å²) in [6.07, 6.45) is 2.15. The zero-order chi connectivity index (χ0) is 16.8. The van der Waals surface area contributed by atoms with Crippen LogP contribution in [-0.4, -0.2) is 60.3 Å². The zero-order valence-corrected chi connectivity index (χ0v) is 15.0. The SMILES string of the molecule is NC(=NCc1ccc(N2CCC(CO)CC2)cc1)N1CCSCC1. The molecule has 6 heteroatoms. The lowest BCUT2D eigenvalue weighted by Crippen LogP contribution is -2.42. The first-order valence-corrected chi connectivity index (χ1v) is 9.99. The Morgan fingerprint density at radius 2 is 1.79 bits per heavy atom. The number of piperidine rings is 1. The lowest BCUT2D eigenvalue weighted by Gasteiger charge is -2.33. The quantitative estimate of drug-likeness (QED) is 0.641. The molecule has 2 saturated heterocycles. The molecule has 1 aromatic carbocycles. The Hall–Kier alpha value is -1.40. The molecule has 24 heavy (non-hydrogen) atoms. The van der Waals surface area contributed by atoms with Crippen molar-refractivity contribution in [1.82, 2.24) is 4.90 Å². The van der Waals surface area contributed by atoms with Gasteiger partial charge in [-0.3, -0.25) is 0 Å². The Balaban J connectivity index is 1.53. The van der Waals surface area contributed by atoms with Crippen LogP contribution < -0.4 is 10.6 Å². The van der Waals surface area contributed by atoms with Crippen LogP contribution in [-0.2, 0) is 6.54 Å². The Morgan fingerprint density at radius 1 is 1.12 bits per heavy atom. The molecule has 132 valence electrons. The van der Waals surface area contributed by atoms with Crippen LogP contribution in [0.3, 0.4) is 0 Å². The first kappa shape index (κ1) is 17.4. The van der Waals surface area contributed by atoms with Crippen molar-refractivity contribution >= 4 is 23.4 Å². The molecular formula is C18H28N4OS. The molecule has 3 N–H and O–H groups in total. The normalized spacial score (nSPS) is 20.5. The van der Waals surface area contributed by atoms with E-state index in [4.69, 9.17) is 5.73 Å². The maximum atomic E-state index is 9.24. The fourth-order valence-electron chi connectivity index (χ4n) is 3.25. The molecule has 0 atom stereocenters. The van der Waals surface area contributed by atoms with Crippen LogP contribution in [0.1, 0.15) is 18.4 Å². The zero-order valence-electron chi connectivity index (χ0n) is 14.2. The number of aliphatic imine (C=N–C) groups is 1. The van der Waals surface area contributed by atoms with Crippen LogP contribution in [0.25, 0.3) is 0 Å². The molecule has 0 spiro atoms. The van der Waals surface area contributed by atoms with Crippen molar-refractivity contribution < 1.29 is 5.11 Å². The Bertz CT molecular complexity index is 534. The van der Waals surface area contributed by atoms with Gasteiger partial charge in [-0.25, -0.2) is 4.99 Å². The molecule has 0 aliphatic carbocycles. The number of hydrogen-bond acceptors (Lipinski definition) is 4. The summed E-state index contributed by atoms with van der Waals surface area (Å²) in [6, 6.07) is 8.66. The van der Waals surface area contributed by atoms with E-state index in [1.165, 1.54) is 11.3 Å². The highest BCUT2D eigenvalue weighted by Gasteiger charge is 2.18. The van der Waals surface area contributed by atoms with Gasteiger partial charge in [0.05, 0.1) is 6.54 Å². The number of hydrogen-bond donors (Lipinski definition) is 2. The summed E-state index contributed by atoms with van der Waals surface area (Å²) in [5, 5.41) is 9.24. The second-order valence-corrected chi connectivity index (χ2v) is 7.78. The molecule has 0 unspecified atom stereocenters. The second kappa shape index (κ2) is 8.62. The second-order valence-electron chi connectivity index (χ2n) is 6.55. The minimum Gasteiger partial charge on any atom is -0.396 e. The smallest absolute Gasteiger partial charge is 0.191 e. The molecule has 0 radical (unpaired) electrons. The van der Waals surface area contributed by atoms with Gasteiger partial charge in [0, 0.05) is 50.0 Å². The number of nitrogens with zero attached hydrogens (tertiary/aromatic N) is 3. The summed E-state index contributed by atoms with van der Waals surface area (Å²) < 4.78 is 0. The van der Waals surface area contributed by atoms with E-state index in [9.17, 15) is 5.11 Å². The van der Waals surface area contributed by atoms with Gasteiger partial charge < -0.3 is 20.6 Å². The lowest BCUT2D eigenvalue weighted by molar-refractivity contribution is 0.203. The van der Waals surface area contributed by atoms with Crippen molar-refractivity contribution in [3.63, 3.8) is 0 Å². The summed E-state index contributed by atoms with van der Waals surface area (Å²) in [5.74, 6) is 3.42. The lowest BCUT2D eigenvalue weighted by atomic mass is 9.97. The molecule has 2 aliphatic heterocycles. The molecule has 0 aromatic heterocycles. The third kappa shape index (κ3) is 4.57. The van der Waals surface area contributed by atoms with Gasteiger partial charge in [-0.1, -0.05) is 12.1 Å². The molecule has 2 fully saturated rings. The van der Waals surface area contributed by atoms with Gasteiger partial charge in [0.15, 0.2) is 5.96 Å². The third-order valence-corrected chi connectivity index (χ3v) is 5.88. The number of nitrogens with two attached hydrogens (primary N) is 1. The molecule has 3 rings (SSSR count). The highest BCUT2D eigenvalue weighted by Crippen LogP contribution is 2.23. The average Bonchev–Trinajstić information content (AvgIpc) is 2.67. The maximum Gasteiger partial charge on any atom is 0.191 e. The molecule has 0 bridgehead atoms. The first-order chi connectivity index (χ1) is 11.8. The number of benzene rings is 1. The molecule has 2 heterocycles. The van der Waals surface area contributed by atoms with Crippen LogP contribution in [0.4, 0.5) is 5.69 Å². The van der Waals surface area contributed by atoms with E-state index < -0.39 is 0 Å². The first-order valence-electron chi connectivity index (χ1n) is 8.83. The predicted octanol–water partition coefficient (Wildman–Crippen LogP) is 1.76. The molecule has 1 aromatic rings. The van der Waals surface area contributed by atoms with Crippen LogP contribution in [0, 0.1) is 5.92 Å². The topological polar surface area (TPSA) is 65.1 Å². The minimum atomic E-state index is 0.321. The van der Waals surface area contributed by atoms with E-state index in [0.717, 1.165) is 50.5 Å². The van der Waals surface area contributed by atoms with E-state index in [1.54, 1.807) is 0 Å². The number of rotatable bonds is 4. The average molecular weight is 349 g/mol. The van der Waals surface area contributed by atoms with Crippen LogP contribution in [0.2, 0.25) is 0 Å². The van der Waals surface area contributed by atoms with Crippen molar-refractivity contribution in [3.8, 4) is 0 Å². The van der Waals surface area contributed by atoms with Gasteiger partial charge in [-0.05, 0) is 36.5 Å². The summed E-state index contributed by atoms with van der Waals surface area (Å²) >= 11 is 1.98. The van der Waals surface area contributed by atoms with Gasteiger partial charge in [0.25, 0.3) is 0 Å². The van der Waals surface area contributed by atoms with Crippen LogP contribution >= 0.6 is 11.8 Å². The number of guanidine groups is 1. The largest absolute Gasteiger partial charge is 0.396 e. The maximum absolute atomic E-state index is 9.24. The standard InChI is InChI=1S/C18H28N4OS/c19-18(22-9-11-24-12-10-22)20-13-15-1-3-17(4-2-15)21-7-5-16(14-23)6-8-21/h1-4,16,23H,5-14H2,(H2,19,20). The highest BCUT2D eigenvalue weighted by atomic mass is 32.2. The Labute approximate surface area is 148 Å². The molecule has 2 aliphatic rings. The fourth-order valence-corrected chi connectivity index (χ4v) is 4.15. The van der Waals surface area contributed by atoms with E-state index in [2.05, 4.69) is 39.1 Å². The highest BCUT2D eigenvalue weighted by molar-refractivity contribution is 7.99. The summed E-state index contributed by atoms with van der Waals surface area (Å²) in [7, 11) is 0. The Morgan fingerprint density at radius 3 is 2.42 bits per heavy atom. The van der Waals surface area contributed by atoms with E-state index in [1.807, 2.05) is 11.8 Å². The number of aliphatic hydroxyl groups excluding tert-OH is 1. The molecule has 0 saturated carbocycles. The van der Waals surface area contributed by atoms with Gasteiger partial charge in [-0.2, -0.15) is 11.8 Å².